The maximum absolute atomic E-state index is 13.6. The monoisotopic (exact) mass is 451 g/mol. The van der Waals surface area contributed by atoms with Gasteiger partial charge < -0.3 is 0 Å². The van der Waals surface area contributed by atoms with E-state index in [0.717, 1.165) is 31.1 Å². The van der Waals surface area contributed by atoms with Gasteiger partial charge in [0.15, 0.2) is 0 Å². The molecule has 0 unspecified atom stereocenters. The van der Waals surface area contributed by atoms with Gasteiger partial charge in [-0.2, -0.15) is 0 Å². The third kappa shape index (κ3) is 2.97. The third-order valence-electron chi connectivity index (χ3n) is 4.77. The van der Waals surface area contributed by atoms with Gasteiger partial charge in [0.2, 0.25) is 0 Å². The van der Waals surface area contributed by atoms with Crippen LogP contribution in [0.5, 0.6) is 0 Å². The number of fused-ring (bicyclic) bond motifs is 3. The minimum Gasteiger partial charge on any atom is -0.297 e. The van der Waals surface area contributed by atoms with Crippen molar-refractivity contribution in [2.45, 2.75) is 26.3 Å². The molecule has 2 aromatic carbocycles. The standard InChI is InChI=1S/C20H15Cl2NOS3/c1-10-4-6-13-15(8-10)23(18(24)12-7-5-11(21)9-14(12)22)20(2,3)17-16(13)19(25)27-26-17/h4-9H,1-3H3. The molecule has 27 heavy (non-hydrogen) atoms. The highest BCUT2D eigenvalue weighted by atomic mass is 35.5. The summed E-state index contributed by atoms with van der Waals surface area (Å²) in [6, 6.07) is 11.1. The Morgan fingerprint density at radius 1 is 1.11 bits per heavy atom. The van der Waals surface area contributed by atoms with E-state index >= 15 is 0 Å². The van der Waals surface area contributed by atoms with Crippen molar-refractivity contribution in [2.75, 3.05) is 4.90 Å². The number of hydrogen-bond acceptors (Lipinski definition) is 4. The van der Waals surface area contributed by atoms with Gasteiger partial charge in [-0.3, -0.25) is 9.69 Å². The van der Waals surface area contributed by atoms with Crippen molar-refractivity contribution in [3.63, 3.8) is 0 Å². The van der Waals surface area contributed by atoms with Crippen molar-refractivity contribution >= 4 is 67.7 Å². The first kappa shape index (κ1) is 19.1. The Labute approximate surface area is 180 Å². The Morgan fingerprint density at radius 2 is 1.85 bits per heavy atom. The summed E-state index contributed by atoms with van der Waals surface area (Å²) in [6.07, 6.45) is 0. The molecule has 7 heteroatoms. The van der Waals surface area contributed by atoms with E-state index in [-0.39, 0.29) is 5.91 Å². The number of carbonyl (C=O) groups is 1. The fourth-order valence-electron chi connectivity index (χ4n) is 3.48. The first-order valence-electron chi connectivity index (χ1n) is 8.26. The smallest absolute Gasteiger partial charge is 0.260 e. The highest BCUT2D eigenvalue weighted by Crippen LogP contribution is 2.52. The van der Waals surface area contributed by atoms with E-state index in [4.69, 9.17) is 35.4 Å². The molecule has 2 heterocycles. The van der Waals surface area contributed by atoms with Crippen molar-refractivity contribution in [3.8, 4) is 11.1 Å². The zero-order chi connectivity index (χ0) is 19.5. The Kier molecular flexibility index (Phi) is 4.72. The molecule has 0 saturated carbocycles. The molecule has 0 fully saturated rings. The molecule has 1 amide bonds. The quantitative estimate of drug-likeness (QED) is 0.278. The van der Waals surface area contributed by atoms with E-state index in [1.54, 1.807) is 38.9 Å². The molecule has 2 nitrogen and oxygen atoms in total. The van der Waals surface area contributed by atoms with Crippen molar-refractivity contribution in [1.82, 2.24) is 0 Å². The molecule has 1 aliphatic heterocycles. The molecule has 4 rings (SSSR count). The lowest BCUT2D eigenvalue weighted by Crippen LogP contribution is -2.48. The van der Waals surface area contributed by atoms with Crippen LogP contribution in [0, 0.1) is 10.7 Å². The highest BCUT2D eigenvalue weighted by molar-refractivity contribution is 7.80. The minimum atomic E-state index is -0.547. The highest BCUT2D eigenvalue weighted by Gasteiger charge is 2.43. The number of anilines is 1. The molecule has 0 radical (unpaired) electrons. The zero-order valence-electron chi connectivity index (χ0n) is 14.8. The molecule has 0 bridgehead atoms. The minimum absolute atomic E-state index is 0.150. The van der Waals surface area contributed by atoms with Gasteiger partial charge in [0.25, 0.3) is 5.91 Å². The molecule has 138 valence electrons. The van der Waals surface area contributed by atoms with E-state index in [2.05, 4.69) is 26.0 Å². The molecule has 0 spiro atoms. The number of amides is 1. The van der Waals surface area contributed by atoms with Crippen LogP contribution in [0.2, 0.25) is 10.0 Å². The van der Waals surface area contributed by atoms with Crippen molar-refractivity contribution in [1.29, 1.82) is 0 Å². The molecule has 0 saturated heterocycles. The van der Waals surface area contributed by atoms with E-state index < -0.39 is 5.54 Å². The maximum Gasteiger partial charge on any atom is 0.260 e. The van der Waals surface area contributed by atoms with Gasteiger partial charge in [0.05, 0.1) is 26.7 Å². The molecule has 1 aromatic heterocycles. The number of benzene rings is 2. The summed E-state index contributed by atoms with van der Waals surface area (Å²) in [6.45, 7) is 6.12. The second kappa shape index (κ2) is 6.68. The van der Waals surface area contributed by atoms with Gasteiger partial charge in [-0.25, -0.2) is 0 Å². The van der Waals surface area contributed by atoms with E-state index in [0.29, 0.717) is 15.6 Å². The fourth-order valence-corrected chi connectivity index (χ4v) is 7.25. The van der Waals surface area contributed by atoms with Crippen LogP contribution < -0.4 is 4.90 Å². The first-order chi connectivity index (χ1) is 12.7. The summed E-state index contributed by atoms with van der Waals surface area (Å²) in [5.74, 6) is -0.150. The van der Waals surface area contributed by atoms with Crippen LogP contribution in [0.15, 0.2) is 36.4 Å². The molecule has 0 N–H and O–H groups in total. The number of hydrogen-bond donors (Lipinski definition) is 0. The van der Waals surface area contributed by atoms with Crippen LogP contribution in [0.4, 0.5) is 5.69 Å². The predicted octanol–water partition coefficient (Wildman–Crippen LogP) is 7.72. The fraction of sp³-hybridized carbons (Fsp3) is 0.200. The van der Waals surface area contributed by atoms with Gasteiger partial charge in [-0.15, -0.1) is 0 Å². The summed E-state index contributed by atoms with van der Waals surface area (Å²) in [5.41, 5.74) is 3.90. The van der Waals surface area contributed by atoms with Crippen molar-refractivity contribution < 1.29 is 4.79 Å². The van der Waals surface area contributed by atoms with Gasteiger partial charge >= 0.3 is 0 Å². The second-order valence-electron chi connectivity index (χ2n) is 7.00. The van der Waals surface area contributed by atoms with E-state index in [9.17, 15) is 4.79 Å². The number of aryl methyl sites for hydroxylation is 1. The maximum atomic E-state index is 13.6. The van der Waals surface area contributed by atoms with Crippen LogP contribution in [0.1, 0.15) is 34.6 Å². The van der Waals surface area contributed by atoms with Crippen LogP contribution in [-0.4, -0.2) is 5.91 Å². The predicted molar refractivity (Wildman–Crippen MR) is 120 cm³/mol. The average Bonchev–Trinajstić information content (AvgIpc) is 2.97. The van der Waals surface area contributed by atoms with Gasteiger partial charge in [-0.05, 0) is 50.6 Å². The lowest BCUT2D eigenvalue weighted by atomic mass is 9.86. The molecular formula is C20H15Cl2NOS3. The topological polar surface area (TPSA) is 20.3 Å². The summed E-state index contributed by atoms with van der Waals surface area (Å²) in [4.78, 5) is 16.6. The average molecular weight is 452 g/mol. The van der Waals surface area contributed by atoms with E-state index in [1.165, 1.54) is 0 Å². The van der Waals surface area contributed by atoms with E-state index in [1.807, 2.05) is 17.9 Å². The zero-order valence-corrected chi connectivity index (χ0v) is 18.8. The number of halogens is 2. The van der Waals surface area contributed by atoms with Crippen LogP contribution in [0.25, 0.3) is 11.1 Å². The third-order valence-corrected chi connectivity index (χ3v) is 8.65. The van der Waals surface area contributed by atoms with Crippen molar-refractivity contribution in [2.24, 2.45) is 0 Å². The second-order valence-corrected chi connectivity index (χ2v) is 10.7. The van der Waals surface area contributed by atoms with Crippen LogP contribution in [0.3, 0.4) is 0 Å². The van der Waals surface area contributed by atoms with Gasteiger partial charge in [-0.1, -0.05) is 68.2 Å². The van der Waals surface area contributed by atoms with Crippen LogP contribution in [-0.2, 0) is 5.54 Å². The van der Waals surface area contributed by atoms with Crippen molar-refractivity contribution in [3.05, 3.63) is 66.3 Å². The van der Waals surface area contributed by atoms with Gasteiger partial charge in [0, 0.05) is 16.1 Å². The molecular weight excluding hydrogens is 437 g/mol. The van der Waals surface area contributed by atoms with Crippen LogP contribution >= 0.6 is 56.1 Å². The normalized spacial score (nSPS) is 14.6. The number of carbonyl (C=O) groups excluding carboxylic acids is 1. The number of nitrogens with zero attached hydrogens (tertiary/aromatic N) is 1. The number of rotatable bonds is 1. The molecule has 3 aromatic rings. The first-order valence-corrected chi connectivity index (χ1v) is 11.6. The van der Waals surface area contributed by atoms with Gasteiger partial charge in [0.1, 0.15) is 3.82 Å². The lowest BCUT2D eigenvalue weighted by Gasteiger charge is -2.43. The summed E-state index contributed by atoms with van der Waals surface area (Å²) in [5, 5.41) is 0.852. The summed E-state index contributed by atoms with van der Waals surface area (Å²) >= 11 is 18.0. The largest absolute Gasteiger partial charge is 0.297 e. The Bertz CT molecular complexity index is 1150. The summed E-state index contributed by atoms with van der Waals surface area (Å²) in [7, 11) is 3.22. The Balaban J connectivity index is 1.99. The molecule has 0 aliphatic carbocycles. The lowest BCUT2D eigenvalue weighted by molar-refractivity contribution is 0.0962. The molecule has 1 aliphatic rings. The summed E-state index contributed by atoms with van der Waals surface area (Å²) < 4.78 is 0.866. The molecule has 0 atom stereocenters. The SMILES string of the molecule is Cc1ccc2c(c1)N(C(=O)c1ccc(Cl)cc1Cl)C(C)(C)c1ssc(=S)c1-2. The Morgan fingerprint density at radius 3 is 2.56 bits per heavy atom. The Hall–Kier alpha value is -1.24.